The Morgan fingerprint density at radius 1 is 1.39 bits per heavy atom. The Balaban J connectivity index is 1.81. The maximum atomic E-state index is 4.81. The second kappa shape index (κ2) is 6.32. The third-order valence-corrected chi connectivity index (χ3v) is 5.79. The number of nitrogens with zero attached hydrogens (tertiary/aromatic N) is 5. The van der Waals surface area contributed by atoms with Gasteiger partial charge in [-0.05, 0) is 53.5 Å². The van der Waals surface area contributed by atoms with Gasteiger partial charge >= 0.3 is 0 Å². The Labute approximate surface area is 142 Å². The minimum atomic E-state index is -0.0374. The van der Waals surface area contributed by atoms with Crippen LogP contribution >= 0.6 is 11.3 Å². The molecule has 2 aromatic heterocycles. The van der Waals surface area contributed by atoms with Crippen molar-refractivity contribution in [1.29, 1.82) is 0 Å². The van der Waals surface area contributed by atoms with E-state index in [1.54, 1.807) is 6.33 Å². The molecule has 0 unspecified atom stereocenters. The number of rotatable bonds is 4. The number of aromatic nitrogens is 4. The fourth-order valence-corrected chi connectivity index (χ4v) is 4.54. The fraction of sp³-hybridized carbons (Fsp3) is 0.706. The van der Waals surface area contributed by atoms with Crippen LogP contribution in [0, 0.1) is 0 Å². The smallest absolute Gasteiger partial charge is 0.141 e. The average molecular weight is 334 g/mol. The van der Waals surface area contributed by atoms with Crippen molar-refractivity contribution in [2.75, 3.05) is 7.05 Å². The van der Waals surface area contributed by atoms with Crippen molar-refractivity contribution in [3.05, 3.63) is 27.7 Å². The van der Waals surface area contributed by atoms with E-state index in [2.05, 4.69) is 49.7 Å². The molecular formula is C17H27N5S. The van der Waals surface area contributed by atoms with Crippen LogP contribution in [0.4, 0.5) is 0 Å². The van der Waals surface area contributed by atoms with E-state index < -0.39 is 0 Å². The van der Waals surface area contributed by atoms with Gasteiger partial charge in [0.15, 0.2) is 0 Å². The van der Waals surface area contributed by atoms with Gasteiger partial charge in [0.2, 0.25) is 0 Å². The van der Waals surface area contributed by atoms with Crippen molar-refractivity contribution in [3.63, 3.8) is 0 Å². The largest absolute Gasteiger partial charge is 0.291 e. The summed E-state index contributed by atoms with van der Waals surface area (Å²) in [6, 6.07) is 0.460. The normalized spacial score (nSPS) is 18.4. The highest BCUT2D eigenvalue weighted by molar-refractivity contribution is 7.11. The molecule has 5 nitrogen and oxygen atoms in total. The third-order valence-electron chi connectivity index (χ3n) is 4.44. The van der Waals surface area contributed by atoms with Crippen LogP contribution in [0.15, 0.2) is 6.33 Å². The van der Waals surface area contributed by atoms with Crippen LogP contribution in [0.25, 0.3) is 0 Å². The molecule has 23 heavy (non-hydrogen) atoms. The molecule has 0 saturated carbocycles. The summed E-state index contributed by atoms with van der Waals surface area (Å²) < 4.78 is 2.04. The van der Waals surface area contributed by atoms with Crippen molar-refractivity contribution in [3.8, 4) is 0 Å². The molecule has 0 radical (unpaired) electrons. The monoisotopic (exact) mass is 333 g/mol. The Morgan fingerprint density at radius 2 is 2.17 bits per heavy atom. The zero-order valence-corrected chi connectivity index (χ0v) is 15.7. The van der Waals surface area contributed by atoms with Gasteiger partial charge in [-0.25, -0.2) is 14.6 Å². The maximum absolute atomic E-state index is 4.81. The van der Waals surface area contributed by atoms with Crippen molar-refractivity contribution in [1.82, 2.24) is 24.6 Å². The topological polar surface area (TPSA) is 46.8 Å². The highest BCUT2D eigenvalue weighted by Crippen LogP contribution is 2.38. The van der Waals surface area contributed by atoms with E-state index in [9.17, 15) is 0 Å². The van der Waals surface area contributed by atoms with Crippen molar-refractivity contribution in [2.24, 2.45) is 0 Å². The highest BCUT2D eigenvalue weighted by Gasteiger charge is 2.29. The molecule has 1 aliphatic carbocycles. The van der Waals surface area contributed by atoms with Gasteiger partial charge in [-0.2, -0.15) is 5.10 Å². The second-order valence-electron chi connectivity index (χ2n) is 7.35. The second-order valence-corrected chi connectivity index (χ2v) is 8.47. The average Bonchev–Trinajstić information content (AvgIpc) is 3.11. The van der Waals surface area contributed by atoms with Gasteiger partial charge in [0.1, 0.15) is 12.2 Å². The van der Waals surface area contributed by atoms with Crippen molar-refractivity contribution < 1.29 is 0 Å². The summed E-state index contributed by atoms with van der Waals surface area (Å²) in [5, 5.41) is 5.69. The van der Waals surface area contributed by atoms with E-state index in [4.69, 9.17) is 4.98 Å². The zero-order chi connectivity index (χ0) is 16.6. The van der Waals surface area contributed by atoms with Crippen LogP contribution in [-0.2, 0) is 24.9 Å². The van der Waals surface area contributed by atoms with E-state index in [0.717, 1.165) is 25.2 Å². The first kappa shape index (κ1) is 16.6. The van der Waals surface area contributed by atoms with E-state index in [0.29, 0.717) is 6.04 Å². The van der Waals surface area contributed by atoms with E-state index >= 15 is 0 Å². The summed E-state index contributed by atoms with van der Waals surface area (Å²) in [6.45, 7) is 9.51. The predicted octanol–water partition coefficient (Wildman–Crippen LogP) is 3.56. The third kappa shape index (κ3) is 3.33. The van der Waals surface area contributed by atoms with Crippen LogP contribution < -0.4 is 0 Å². The first-order valence-electron chi connectivity index (χ1n) is 8.48. The Bertz CT molecular complexity index is 667. The molecule has 0 bridgehead atoms. The van der Waals surface area contributed by atoms with Crippen molar-refractivity contribution in [2.45, 2.75) is 71.5 Å². The summed E-state index contributed by atoms with van der Waals surface area (Å²) in [5.41, 5.74) is 1.29. The van der Waals surface area contributed by atoms with Crippen LogP contribution in [0.2, 0.25) is 0 Å². The molecule has 2 aromatic rings. The first-order valence-corrected chi connectivity index (χ1v) is 9.30. The van der Waals surface area contributed by atoms with E-state index in [1.165, 1.54) is 28.4 Å². The first-order chi connectivity index (χ1) is 10.9. The number of thiazole rings is 1. The molecule has 1 aliphatic rings. The van der Waals surface area contributed by atoms with Gasteiger partial charge in [0.05, 0.1) is 22.8 Å². The summed E-state index contributed by atoms with van der Waals surface area (Å²) in [6.07, 6.45) is 6.27. The van der Waals surface area contributed by atoms with Gasteiger partial charge in [-0.1, -0.05) is 6.92 Å². The van der Waals surface area contributed by atoms with E-state index in [1.807, 2.05) is 16.0 Å². The fourth-order valence-electron chi connectivity index (χ4n) is 3.29. The molecule has 126 valence electrons. The number of fused-ring (bicyclic) bond motifs is 1. The summed E-state index contributed by atoms with van der Waals surface area (Å²) in [4.78, 5) is 13.2. The molecular weight excluding hydrogens is 306 g/mol. The molecule has 2 heterocycles. The lowest BCUT2D eigenvalue weighted by Crippen LogP contribution is -2.31. The lowest BCUT2D eigenvalue weighted by molar-refractivity contribution is 0.200. The lowest BCUT2D eigenvalue weighted by Gasteiger charge is -2.31. The molecule has 0 fully saturated rings. The zero-order valence-electron chi connectivity index (χ0n) is 14.8. The van der Waals surface area contributed by atoms with Gasteiger partial charge in [0.25, 0.3) is 0 Å². The van der Waals surface area contributed by atoms with Crippen LogP contribution in [0.3, 0.4) is 0 Å². The summed E-state index contributed by atoms with van der Waals surface area (Å²) in [5.74, 6) is 1.03. The molecule has 0 aromatic carbocycles. The van der Waals surface area contributed by atoms with Crippen molar-refractivity contribution >= 4 is 11.3 Å². The molecule has 6 heteroatoms. The lowest BCUT2D eigenvalue weighted by atomic mass is 9.97. The molecule has 0 aliphatic heterocycles. The molecule has 0 spiro atoms. The van der Waals surface area contributed by atoms with Crippen LogP contribution in [0.1, 0.15) is 68.0 Å². The van der Waals surface area contributed by atoms with Crippen LogP contribution in [-0.4, -0.2) is 31.7 Å². The molecule has 1 atom stereocenters. The number of hydrogen-bond acceptors (Lipinski definition) is 5. The van der Waals surface area contributed by atoms with E-state index in [-0.39, 0.29) is 5.54 Å². The molecule has 0 amide bonds. The maximum Gasteiger partial charge on any atom is 0.141 e. The summed E-state index contributed by atoms with van der Waals surface area (Å²) >= 11 is 1.90. The van der Waals surface area contributed by atoms with Gasteiger partial charge in [-0.15, -0.1) is 11.3 Å². The quantitative estimate of drug-likeness (QED) is 0.858. The number of hydrogen-bond donors (Lipinski definition) is 0. The summed E-state index contributed by atoms with van der Waals surface area (Å²) in [7, 11) is 2.20. The minimum absolute atomic E-state index is 0.0374. The molecule has 3 rings (SSSR count). The van der Waals surface area contributed by atoms with Gasteiger partial charge < -0.3 is 0 Å². The SMILES string of the molecule is CCc1nc2c(s1)[C@H](N(C)Cc1ncnn1C(C)(C)C)CCC2. The Morgan fingerprint density at radius 3 is 2.87 bits per heavy atom. The Hall–Kier alpha value is -1.27. The minimum Gasteiger partial charge on any atom is -0.291 e. The van der Waals surface area contributed by atoms with Gasteiger partial charge in [-0.3, -0.25) is 4.90 Å². The predicted molar refractivity (Wildman–Crippen MR) is 93.7 cm³/mol. The van der Waals surface area contributed by atoms with Gasteiger partial charge in [0, 0.05) is 10.9 Å². The molecule has 0 N–H and O–H groups in total. The number of aryl methyl sites for hydroxylation is 2. The standard InChI is InChI=1S/C17H27N5S/c1-6-15-20-12-8-7-9-13(16(12)23-15)21(5)10-14-18-11-19-22(14)17(2,3)4/h11,13H,6-10H2,1-5H3/t13-/m1/s1. The Kier molecular flexibility index (Phi) is 4.56. The highest BCUT2D eigenvalue weighted by atomic mass is 32.1. The van der Waals surface area contributed by atoms with Crippen LogP contribution in [0.5, 0.6) is 0 Å². The molecule has 0 saturated heterocycles.